The molecular weight excluding hydrogens is 1000 g/mol. The second kappa shape index (κ2) is 16.8. The lowest BCUT2D eigenvalue weighted by atomic mass is 10.1. The van der Waals surface area contributed by atoms with E-state index in [1.54, 1.807) is 30.6 Å². The Morgan fingerprint density at radius 1 is 0.333 bits per heavy atom. The number of carboxylic acids is 1. The van der Waals surface area contributed by atoms with E-state index in [0.29, 0.717) is 10.9 Å². The van der Waals surface area contributed by atoms with Gasteiger partial charge in [0.25, 0.3) is 0 Å². The molecule has 0 amide bonds. The number of aromatic carboxylic acids is 1. The number of benzene rings is 8. The molecule has 0 spiro atoms. The van der Waals surface area contributed by atoms with Crippen LogP contribution in [0.25, 0.3) is 153 Å². The zero-order chi connectivity index (χ0) is 53.6. The molecule has 0 aliphatic carbocycles. The molecule has 0 saturated heterocycles. The third-order valence-corrected chi connectivity index (χ3v) is 16.3. The molecule has 20 aromatic rings. The number of pyridine rings is 4. The molecule has 0 unspecified atom stereocenters. The number of para-hydroxylation sites is 8. The molecule has 0 bridgehead atoms. The number of carbonyl (C=O) groups is 1. The molecule has 0 atom stereocenters. The van der Waals surface area contributed by atoms with Gasteiger partial charge in [0.05, 0.1) is 55.2 Å². The van der Waals surface area contributed by atoms with Gasteiger partial charge in [-0.15, -0.1) is 0 Å². The summed E-state index contributed by atoms with van der Waals surface area (Å²) in [6.45, 7) is 0. The third kappa shape index (κ3) is 6.15. The average Bonchev–Trinajstić information content (AvgIpc) is 4.02. The van der Waals surface area contributed by atoms with Gasteiger partial charge in [0.15, 0.2) is 5.65 Å². The van der Waals surface area contributed by atoms with Crippen molar-refractivity contribution in [1.29, 1.82) is 0 Å². The van der Waals surface area contributed by atoms with Crippen molar-refractivity contribution in [2.45, 2.75) is 0 Å². The Hall–Kier alpha value is -11.4. The fourth-order valence-electron chi connectivity index (χ4n) is 13.1. The number of nitrogens with zero attached hydrogens (tertiary/aromatic N) is 9. The molecule has 1 N–H and O–H groups in total. The zero-order valence-electron chi connectivity index (χ0n) is 42.7. The first kappa shape index (κ1) is 44.7. The normalized spacial score (nSPS) is 12.1. The summed E-state index contributed by atoms with van der Waals surface area (Å²) in [5.41, 5.74) is 14.0. The fourth-order valence-corrected chi connectivity index (χ4v) is 13.1. The van der Waals surface area contributed by atoms with Gasteiger partial charge < -0.3 is 13.9 Å². The van der Waals surface area contributed by atoms with Crippen molar-refractivity contribution in [2.24, 2.45) is 0 Å². The summed E-state index contributed by atoms with van der Waals surface area (Å²) >= 11 is 0. The van der Waals surface area contributed by atoms with Gasteiger partial charge in [0.2, 0.25) is 5.43 Å². The van der Waals surface area contributed by atoms with Crippen LogP contribution in [0.3, 0.4) is 0 Å². The fraction of sp³-hybridized carbons (Fsp3) is 0. The van der Waals surface area contributed by atoms with Crippen molar-refractivity contribution in [1.82, 2.24) is 42.5 Å². The minimum absolute atomic E-state index is 0.117. The SMILES string of the molecule is O=C(O)c1cc2c3ccccc3n3c4ccccc4c(=O)c(n1)c23.c1ccc2c(c1)c1cccc3c4cccnc4n2c13.c1ccc2c(c1)c1cccc3c4nccnc4n2c13.c1ccc2c(c1)c1cncc3c4ccccc4n2c13. The van der Waals surface area contributed by atoms with Crippen molar-refractivity contribution >= 4 is 159 Å². The van der Waals surface area contributed by atoms with Gasteiger partial charge in [-0.05, 0) is 60.7 Å². The number of rotatable bonds is 1. The topological polar surface area (TPSA) is 136 Å². The van der Waals surface area contributed by atoms with E-state index in [4.69, 9.17) is 0 Å². The van der Waals surface area contributed by atoms with Crippen LogP contribution in [0.1, 0.15) is 10.5 Å². The Morgan fingerprint density at radius 3 is 1.31 bits per heavy atom. The molecular formula is C69H39N9O3. The van der Waals surface area contributed by atoms with Crippen LogP contribution in [-0.2, 0) is 0 Å². The van der Waals surface area contributed by atoms with Crippen LogP contribution < -0.4 is 5.43 Å². The molecule has 20 rings (SSSR count). The van der Waals surface area contributed by atoms with Gasteiger partial charge in [-0.1, -0.05) is 140 Å². The molecule has 12 aromatic heterocycles. The molecule has 0 saturated carbocycles. The lowest BCUT2D eigenvalue weighted by molar-refractivity contribution is 0.0691. The van der Waals surface area contributed by atoms with Crippen LogP contribution in [0, 0.1) is 0 Å². The average molecular weight is 1040 g/mol. The monoisotopic (exact) mass is 1040 g/mol. The summed E-state index contributed by atoms with van der Waals surface area (Å²) in [5.74, 6) is -1.14. The number of carboxylic acid groups (broad SMARTS) is 1. The molecule has 378 valence electrons. The first-order chi connectivity index (χ1) is 40.0. The van der Waals surface area contributed by atoms with Crippen molar-refractivity contribution < 1.29 is 9.90 Å². The number of fused-ring (bicyclic) bond motifs is 23. The Balaban J connectivity index is 0.0000000864. The van der Waals surface area contributed by atoms with Crippen molar-refractivity contribution in [2.75, 3.05) is 0 Å². The minimum Gasteiger partial charge on any atom is -0.477 e. The summed E-state index contributed by atoms with van der Waals surface area (Å²) in [4.78, 5) is 46.5. The second-order valence-corrected chi connectivity index (χ2v) is 20.4. The van der Waals surface area contributed by atoms with Crippen molar-refractivity contribution in [3.8, 4) is 0 Å². The van der Waals surface area contributed by atoms with Crippen molar-refractivity contribution in [3.05, 3.63) is 247 Å². The summed E-state index contributed by atoms with van der Waals surface area (Å²) < 4.78 is 8.87. The predicted octanol–water partition coefficient (Wildman–Crippen LogP) is 15.4. The highest BCUT2D eigenvalue weighted by atomic mass is 16.4. The van der Waals surface area contributed by atoms with Gasteiger partial charge in [-0.3, -0.25) is 23.6 Å². The van der Waals surface area contributed by atoms with Crippen molar-refractivity contribution in [3.63, 3.8) is 0 Å². The molecule has 0 radical (unpaired) electrons. The molecule has 0 aliphatic rings. The van der Waals surface area contributed by atoms with E-state index in [1.165, 1.54) is 97.9 Å². The maximum atomic E-state index is 12.9. The highest BCUT2D eigenvalue weighted by Gasteiger charge is 2.23. The van der Waals surface area contributed by atoms with E-state index < -0.39 is 5.97 Å². The zero-order valence-corrected chi connectivity index (χ0v) is 42.7. The number of aromatic nitrogens is 9. The maximum Gasteiger partial charge on any atom is 0.354 e. The van der Waals surface area contributed by atoms with E-state index >= 15 is 0 Å². The summed E-state index contributed by atoms with van der Waals surface area (Å²) in [6, 6.07) is 67.7. The van der Waals surface area contributed by atoms with Gasteiger partial charge in [0.1, 0.15) is 22.4 Å². The van der Waals surface area contributed by atoms with Gasteiger partial charge in [0, 0.05) is 106 Å². The van der Waals surface area contributed by atoms with Crippen LogP contribution >= 0.6 is 0 Å². The molecule has 81 heavy (non-hydrogen) atoms. The molecule has 8 aromatic carbocycles. The van der Waals surface area contributed by atoms with Crippen LogP contribution in [0.5, 0.6) is 0 Å². The second-order valence-electron chi connectivity index (χ2n) is 20.4. The summed E-state index contributed by atoms with van der Waals surface area (Å²) in [5, 5.41) is 25.4. The first-order valence-corrected chi connectivity index (χ1v) is 26.6. The molecule has 0 fully saturated rings. The predicted molar refractivity (Wildman–Crippen MR) is 327 cm³/mol. The minimum atomic E-state index is -1.14. The van der Waals surface area contributed by atoms with E-state index in [9.17, 15) is 14.7 Å². The first-order valence-electron chi connectivity index (χ1n) is 26.6. The van der Waals surface area contributed by atoms with Gasteiger partial charge >= 0.3 is 5.97 Å². The Labute approximate surface area is 456 Å². The molecule has 0 aliphatic heterocycles. The van der Waals surface area contributed by atoms with E-state index in [2.05, 4.69) is 178 Å². The Bertz CT molecular complexity index is 5340. The van der Waals surface area contributed by atoms with Crippen LogP contribution in [0.15, 0.2) is 236 Å². The third-order valence-electron chi connectivity index (χ3n) is 16.3. The largest absolute Gasteiger partial charge is 0.477 e. The van der Waals surface area contributed by atoms with E-state index in [-0.39, 0.29) is 16.6 Å². The number of hydrogen-bond donors (Lipinski definition) is 1. The molecule has 12 heteroatoms. The van der Waals surface area contributed by atoms with Crippen LogP contribution in [0.2, 0.25) is 0 Å². The molecule has 12 heterocycles. The summed E-state index contributed by atoms with van der Waals surface area (Å²) in [7, 11) is 0. The smallest absolute Gasteiger partial charge is 0.354 e. The van der Waals surface area contributed by atoms with Crippen LogP contribution in [0.4, 0.5) is 0 Å². The highest BCUT2D eigenvalue weighted by molar-refractivity contribution is 6.25. The molecule has 12 nitrogen and oxygen atoms in total. The maximum absolute atomic E-state index is 12.9. The lowest BCUT2D eigenvalue weighted by Gasteiger charge is -2.06. The standard InChI is InChI=1S/C19H10N2O3.2C17H10N2.C16H9N3/c22-18-11-6-2-4-8-15(11)21-14-7-3-1-5-10(14)12-9-13(19(23)24)20-16(18)17(12)21;1-3-7-15-11(5-1)13-9-18-10-14-12-6-2-4-8-16(12)19(15)17(13)14;1-2-9-15-11(5-1)12-6-3-7-13-14-8-4-10-18-17(14)19(15)16(12)13;1-2-7-13-10(4-1)11-5-3-6-12-14-16(18-9-8-17-14)19(13)15(11)12/h1-9H,(H,23,24);2*1-10H;1-9H. The van der Waals surface area contributed by atoms with E-state index in [1.807, 2.05) is 65.5 Å². The quantitative estimate of drug-likeness (QED) is 0.161. The summed E-state index contributed by atoms with van der Waals surface area (Å²) in [6.07, 6.45) is 9.33. The van der Waals surface area contributed by atoms with E-state index in [0.717, 1.165) is 38.6 Å². The Kier molecular flexibility index (Phi) is 9.29. The van der Waals surface area contributed by atoms with Gasteiger partial charge in [-0.25, -0.2) is 19.7 Å². The lowest BCUT2D eigenvalue weighted by Crippen LogP contribution is -2.10. The Morgan fingerprint density at radius 2 is 0.728 bits per heavy atom. The van der Waals surface area contributed by atoms with Crippen LogP contribution in [-0.4, -0.2) is 53.6 Å². The van der Waals surface area contributed by atoms with Gasteiger partial charge in [-0.2, -0.15) is 0 Å². The highest BCUT2D eigenvalue weighted by Crippen LogP contribution is 2.41. The number of hydrogen-bond acceptors (Lipinski definition) is 7.